The molecule has 0 bridgehead atoms. The lowest BCUT2D eigenvalue weighted by Crippen LogP contribution is -2.22. The maximum absolute atomic E-state index is 12.4. The Hall–Kier alpha value is -2.11. The number of aromatic nitrogens is 1. The highest BCUT2D eigenvalue weighted by atomic mass is 19.4. The highest BCUT2D eigenvalue weighted by Gasteiger charge is 2.40. The summed E-state index contributed by atoms with van der Waals surface area (Å²) in [5.74, 6) is -2.20. The fourth-order valence-corrected chi connectivity index (χ4v) is 1.68. The molecule has 0 aliphatic heterocycles. The van der Waals surface area contributed by atoms with Crippen molar-refractivity contribution in [3.8, 4) is 0 Å². The van der Waals surface area contributed by atoms with Crippen LogP contribution < -0.4 is 0 Å². The summed E-state index contributed by atoms with van der Waals surface area (Å²) < 4.78 is 37.1. The third kappa shape index (κ3) is 2.01. The highest BCUT2D eigenvalue weighted by molar-refractivity contribution is 6.11. The molecule has 0 radical (unpaired) electrons. The summed E-state index contributed by atoms with van der Waals surface area (Å²) in [5.41, 5.74) is 0.173. The standard InChI is InChI=1S/C12H8F3NO2/c1-6(17)7-2-3-10-8(4-7)9(5-16-10)11(18)12(13,14)15/h2-5,16H,1H3. The second-order valence-electron chi connectivity index (χ2n) is 3.85. The van der Waals surface area contributed by atoms with Crippen LogP contribution in [0.1, 0.15) is 27.6 Å². The molecule has 2 aromatic rings. The van der Waals surface area contributed by atoms with Crippen LogP contribution in [-0.2, 0) is 0 Å². The lowest BCUT2D eigenvalue weighted by molar-refractivity contribution is -0.0884. The minimum Gasteiger partial charge on any atom is -0.360 e. The van der Waals surface area contributed by atoms with Crippen LogP contribution in [0.15, 0.2) is 24.4 Å². The van der Waals surface area contributed by atoms with Gasteiger partial charge in [0.15, 0.2) is 5.78 Å². The fourth-order valence-electron chi connectivity index (χ4n) is 1.68. The third-order valence-corrected chi connectivity index (χ3v) is 2.59. The van der Waals surface area contributed by atoms with E-state index in [9.17, 15) is 22.8 Å². The Balaban J connectivity index is 2.62. The van der Waals surface area contributed by atoms with Crippen molar-refractivity contribution in [1.82, 2.24) is 4.98 Å². The van der Waals surface area contributed by atoms with E-state index in [1.165, 1.54) is 25.1 Å². The van der Waals surface area contributed by atoms with Gasteiger partial charge in [-0.2, -0.15) is 13.2 Å². The predicted octanol–water partition coefficient (Wildman–Crippen LogP) is 3.12. The monoisotopic (exact) mass is 255 g/mol. The first-order valence-corrected chi connectivity index (χ1v) is 5.04. The minimum absolute atomic E-state index is 0.102. The van der Waals surface area contributed by atoms with Gasteiger partial charge in [0.1, 0.15) is 0 Å². The normalized spacial score (nSPS) is 11.8. The Bertz CT molecular complexity index is 640. The van der Waals surface area contributed by atoms with Crippen molar-refractivity contribution in [3.63, 3.8) is 0 Å². The van der Waals surface area contributed by atoms with Gasteiger partial charge < -0.3 is 4.98 Å². The Morgan fingerprint density at radius 3 is 2.44 bits per heavy atom. The largest absolute Gasteiger partial charge is 0.454 e. The van der Waals surface area contributed by atoms with E-state index < -0.39 is 17.5 Å². The zero-order chi connectivity index (χ0) is 13.5. The smallest absolute Gasteiger partial charge is 0.360 e. The average molecular weight is 255 g/mol. The maximum atomic E-state index is 12.4. The summed E-state index contributed by atoms with van der Waals surface area (Å²) >= 11 is 0. The number of halogens is 3. The van der Waals surface area contributed by atoms with Gasteiger partial charge in [-0.25, -0.2) is 0 Å². The summed E-state index contributed by atoms with van der Waals surface area (Å²) in [6.07, 6.45) is -3.92. The number of Topliss-reactive ketones (excluding diaryl/α,β-unsaturated/α-hetero) is 2. The molecule has 0 aliphatic carbocycles. The van der Waals surface area contributed by atoms with Crippen molar-refractivity contribution < 1.29 is 22.8 Å². The number of hydrogen-bond donors (Lipinski definition) is 1. The van der Waals surface area contributed by atoms with Crippen molar-refractivity contribution in [2.45, 2.75) is 13.1 Å². The number of carbonyl (C=O) groups excluding carboxylic acids is 2. The molecule has 0 unspecified atom stereocenters. The molecule has 0 atom stereocenters. The molecule has 0 saturated carbocycles. The SMILES string of the molecule is CC(=O)c1ccc2[nH]cc(C(=O)C(F)(F)F)c2c1. The molecule has 0 spiro atoms. The van der Waals surface area contributed by atoms with Crippen LogP contribution in [0, 0.1) is 0 Å². The van der Waals surface area contributed by atoms with Crippen molar-refractivity contribution >= 4 is 22.5 Å². The van der Waals surface area contributed by atoms with E-state index in [-0.39, 0.29) is 16.7 Å². The molecule has 0 amide bonds. The first-order chi connectivity index (χ1) is 8.30. The molecule has 1 N–H and O–H groups in total. The van der Waals surface area contributed by atoms with Crippen molar-refractivity contribution in [1.29, 1.82) is 0 Å². The van der Waals surface area contributed by atoms with Gasteiger partial charge in [-0.3, -0.25) is 9.59 Å². The average Bonchev–Trinajstić information content (AvgIpc) is 2.68. The molecule has 3 nitrogen and oxygen atoms in total. The van der Waals surface area contributed by atoms with Crippen LogP contribution in [0.3, 0.4) is 0 Å². The quantitative estimate of drug-likeness (QED) is 0.838. The number of ketones is 2. The molecule has 0 fully saturated rings. The predicted molar refractivity (Wildman–Crippen MR) is 58.7 cm³/mol. The van der Waals surface area contributed by atoms with Gasteiger partial charge in [0.05, 0.1) is 5.56 Å². The van der Waals surface area contributed by atoms with Gasteiger partial charge in [0, 0.05) is 22.7 Å². The number of fused-ring (bicyclic) bond motifs is 1. The number of carbonyl (C=O) groups is 2. The lowest BCUT2D eigenvalue weighted by atomic mass is 10.0. The molecule has 94 valence electrons. The Kier molecular flexibility index (Phi) is 2.73. The molecule has 2 rings (SSSR count). The van der Waals surface area contributed by atoms with Crippen molar-refractivity contribution in [3.05, 3.63) is 35.5 Å². The van der Waals surface area contributed by atoms with E-state index in [1.54, 1.807) is 0 Å². The van der Waals surface area contributed by atoms with Crippen molar-refractivity contribution in [2.24, 2.45) is 0 Å². The second kappa shape index (κ2) is 3.97. The Labute approximate surface area is 99.6 Å². The number of alkyl halides is 3. The van der Waals surface area contributed by atoms with E-state index in [1.807, 2.05) is 0 Å². The topological polar surface area (TPSA) is 49.9 Å². The molecule has 0 saturated heterocycles. The summed E-state index contributed by atoms with van der Waals surface area (Å²) in [4.78, 5) is 24.9. The molecule has 1 heterocycles. The van der Waals surface area contributed by atoms with Crippen LogP contribution >= 0.6 is 0 Å². The summed E-state index contributed by atoms with van der Waals surface area (Å²) in [6, 6.07) is 4.25. The number of aromatic amines is 1. The van der Waals surface area contributed by atoms with Gasteiger partial charge >= 0.3 is 6.18 Å². The van der Waals surface area contributed by atoms with Gasteiger partial charge in [-0.05, 0) is 25.1 Å². The van der Waals surface area contributed by atoms with Crippen LogP contribution in [0.25, 0.3) is 10.9 Å². The molecule has 0 aliphatic rings. The number of hydrogen-bond acceptors (Lipinski definition) is 2. The number of benzene rings is 1. The summed E-state index contributed by atoms with van der Waals surface area (Å²) in [5, 5.41) is 0.102. The van der Waals surface area contributed by atoms with Crippen LogP contribution in [-0.4, -0.2) is 22.7 Å². The zero-order valence-corrected chi connectivity index (χ0v) is 9.26. The summed E-state index contributed by atoms with van der Waals surface area (Å²) in [7, 11) is 0. The maximum Gasteiger partial charge on any atom is 0.454 e. The number of nitrogens with one attached hydrogen (secondary N) is 1. The van der Waals surface area contributed by atoms with E-state index in [4.69, 9.17) is 0 Å². The first kappa shape index (κ1) is 12.3. The molecular formula is C12H8F3NO2. The fraction of sp³-hybridized carbons (Fsp3) is 0.167. The molecular weight excluding hydrogens is 247 g/mol. The van der Waals surface area contributed by atoms with Gasteiger partial charge in [0.25, 0.3) is 5.78 Å². The Morgan fingerprint density at radius 1 is 1.22 bits per heavy atom. The Morgan fingerprint density at radius 2 is 1.89 bits per heavy atom. The van der Waals surface area contributed by atoms with Crippen LogP contribution in [0.5, 0.6) is 0 Å². The molecule has 1 aromatic heterocycles. The number of rotatable bonds is 2. The van der Waals surface area contributed by atoms with Crippen LogP contribution in [0.2, 0.25) is 0 Å². The van der Waals surface area contributed by atoms with E-state index in [0.29, 0.717) is 5.52 Å². The van der Waals surface area contributed by atoms with Gasteiger partial charge in [-0.1, -0.05) is 0 Å². The molecule has 1 aromatic carbocycles. The second-order valence-corrected chi connectivity index (χ2v) is 3.85. The van der Waals surface area contributed by atoms with E-state index >= 15 is 0 Å². The van der Waals surface area contributed by atoms with Gasteiger partial charge in [-0.15, -0.1) is 0 Å². The minimum atomic E-state index is -4.93. The van der Waals surface area contributed by atoms with E-state index in [2.05, 4.69) is 4.98 Å². The van der Waals surface area contributed by atoms with E-state index in [0.717, 1.165) is 6.20 Å². The summed E-state index contributed by atoms with van der Waals surface area (Å²) in [6.45, 7) is 1.30. The lowest BCUT2D eigenvalue weighted by Gasteiger charge is -2.04. The molecule has 6 heteroatoms. The third-order valence-electron chi connectivity index (χ3n) is 2.59. The van der Waals surface area contributed by atoms with Crippen LogP contribution in [0.4, 0.5) is 13.2 Å². The first-order valence-electron chi connectivity index (χ1n) is 5.04. The van der Waals surface area contributed by atoms with Crippen molar-refractivity contribution in [2.75, 3.05) is 0 Å². The molecule has 18 heavy (non-hydrogen) atoms. The zero-order valence-electron chi connectivity index (χ0n) is 9.26. The highest BCUT2D eigenvalue weighted by Crippen LogP contribution is 2.27. The number of H-pyrrole nitrogens is 1. The van der Waals surface area contributed by atoms with Gasteiger partial charge in [0.2, 0.25) is 0 Å².